The standard InChI is InChI=1S/C16H22N2O2/c1-3-12-20-15-6-4-13(5-7-15)16(19)18(2)14-8-10-17-11-9-14/h3-7,14,17H,1,8-12H2,2H3. The van der Waals surface area contributed by atoms with Gasteiger partial charge < -0.3 is 15.0 Å². The molecule has 0 atom stereocenters. The molecule has 4 nitrogen and oxygen atoms in total. The Kier molecular flexibility index (Phi) is 5.18. The van der Waals surface area contributed by atoms with Gasteiger partial charge in [-0.25, -0.2) is 0 Å². The second kappa shape index (κ2) is 7.10. The lowest BCUT2D eigenvalue weighted by molar-refractivity contribution is 0.0703. The minimum absolute atomic E-state index is 0.0761. The summed E-state index contributed by atoms with van der Waals surface area (Å²) < 4.78 is 5.42. The quantitative estimate of drug-likeness (QED) is 0.836. The van der Waals surface area contributed by atoms with Crippen LogP contribution in [-0.2, 0) is 0 Å². The molecule has 0 bridgehead atoms. The van der Waals surface area contributed by atoms with Gasteiger partial charge in [0.05, 0.1) is 0 Å². The molecule has 1 aliphatic heterocycles. The average molecular weight is 274 g/mol. The Bertz CT molecular complexity index is 450. The van der Waals surface area contributed by atoms with Crippen LogP contribution in [0.2, 0.25) is 0 Å². The zero-order chi connectivity index (χ0) is 14.4. The van der Waals surface area contributed by atoms with Gasteiger partial charge in [-0.1, -0.05) is 12.7 Å². The Morgan fingerprint density at radius 1 is 1.40 bits per heavy atom. The topological polar surface area (TPSA) is 41.6 Å². The highest BCUT2D eigenvalue weighted by molar-refractivity contribution is 5.94. The van der Waals surface area contributed by atoms with Crippen molar-refractivity contribution >= 4 is 5.91 Å². The predicted molar refractivity (Wildman–Crippen MR) is 80.1 cm³/mol. The maximum atomic E-state index is 12.4. The first-order valence-corrected chi connectivity index (χ1v) is 7.04. The zero-order valence-corrected chi connectivity index (χ0v) is 12.0. The minimum atomic E-state index is 0.0761. The lowest BCUT2D eigenvalue weighted by atomic mass is 10.0. The summed E-state index contributed by atoms with van der Waals surface area (Å²) in [7, 11) is 1.89. The highest BCUT2D eigenvalue weighted by atomic mass is 16.5. The molecule has 1 amide bonds. The van der Waals surface area contributed by atoms with Gasteiger partial charge in [-0.3, -0.25) is 4.79 Å². The zero-order valence-electron chi connectivity index (χ0n) is 12.0. The van der Waals surface area contributed by atoms with Crippen molar-refractivity contribution in [1.82, 2.24) is 10.2 Å². The number of piperidine rings is 1. The van der Waals surface area contributed by atoms with Crippen LogP contribution in [0.5, 0.6) is 5.75 Å². The first-order valence-electron chi connectivity index (χ1n) is 7.04. The van der Waals surface area contributed by atoms with E-state index in [0.717, 1.165) is 31.7 Å². The van der Waals surface area contributed by atoms with Crippen molar-refractivity contribution in [3.8, 4) is 5.75 Å². The van der Waals surface area contributed by atoms with E-state index in [0.29, 0.717) is 18.2 Å². The molecular weight excluding hydrogens is 252 g/mol. The SMILES string of the molecule is C=CCOc1ccc(C(=O)N(C)C2CCNCC2)cc1. The summed E-state index contributed by atoms with van der Waals surface area (Å²) in [6.45, 7) is 6.05. The van der Waals surface area contributed by atoms with Gasteiger partial charge in [0, 0.05) is 18.7 Å². The second-order valence-corrected chi connectivity index (χ2v) is 5.02. The molecule has 0 aliphatic carbocycles. The van der Waals surface area contributed by atoms with Crippen LogP contribution in [0.15, 0.2) is 36.9 Å². The molecule has 1 fully saturated rings. The number of hydrogen-bond acceptors (Lipinski definition) is 3. The maximum absolute atomic E-state index is 12.4. The minimum Gasteiger partial charge on any atom is -0.490 e. The number of rotatable bonds is 5. The van der Waals surface area contributed by atoms with E-state index in [4.69, 9.17) is 4.74 Å². The number of carbonyl (C=O) groups excluding carboxylic acids is 1. The molecule has 108 valence electrons. The Morgan fingerprint density at radius 3 is 2.65 bits per heavy atom. The normalized spacial score (nSPS) is 15.7. The summed E-state index contributed by atoms with van der Waals surface area (Å²) in [4.78, 5) is 14.3. The van der Waals surface area contributed by atoms with Crippen molar-refractivity contribution in [2.24, 2.45) is 0 Å². The molecular formula is C16H22N2O2. The van der Waals surface area contributed by atoms with Crippen LogP contribution in [0.3, 0.4) is 0 Å². The van der Waals surface area contributed by atoms with E-state index in [9.17, 15) is 4.79 Å². The molecule has 0 saturated carbocycles. The van der Waals surface area contributed by atoms with E-state index < -0.39 is 0 Å². The van der Waals surface area contributed by atoms with Crippen molar-refractivity contribution in [2.45, 2.75) is 18.9 Å². The highest BCUT2D eigenvalue weighted by Crippen LogP contribution is 2.17. The van der Waals surface area contributed by atoms with Crippen LogP contribution in [0.4, 0.5) is 0 Å². The average Bonchev–Trinajstić information content (AvgIpc) is 2.53. The molecule has 0 spiro atoms. The monoisotopic (exact) mass is 274 g/mol. The number of carbonyl (C=O) groups is 1. The number of nitrogens with one attached hydrogen (secondary N) is 1. The van der Waals surface area contributed by atoms with Gasteiger partial charge in [0.1, 0.15) is 12.4 Å². The summed E-state index contributed by atoms with van der Waals surface area (Å²) in [5.41, 5.74) is 0.706. The first-order chi connectivity index (χ1) is 9.72. The molecule has 4 heteroatoms. The number of ether oxygens (including phenoxy) is 1. The molecule has 1 aromatic rings. The van der Waals surface area contributed by atoms with Crippen LogP contribution in [-0.4, -0.2) is 43.6 Å². The van der Waals surface area contributed by atoms with Crippen LogP contribution in [0, 0.1) is 0 Å². The lowest BCUT2D eigenvalue weighted by Crippen LogP contribution is -2.43. The van der Waals surface area contributed by atoms with Gasteiger partial charge in [-0.2, -0.15) is 0 Å². The van der Waals surface area contributed by atoms with Gasteiger partial charge in [0.2, 0.25) is 0 Å². The van der Waals surface area contributed by atoms with Crippen LogP contribution >= 0.6 is 0 Å². The van der Waals surface area contributed by atoms with Gasteiger partial charge in [0.15, 0.2) is 0 Å². The molecule has 0 radical (unpaired) electrons. The fourth-order valence-corrected chi connectivity index (χ4v) is 2.41. The number of hydrogen-bond donors (Lipinski definition) is 1. The second-order valence-electron chi connectivity index (χ2n) is 5.02. The van der Waals surface area contributed by atoms with E-state index in [2.05, 4.69) is 11.9 Å². The summed E-state index contributed by atoms with van der Waals surface area (Å²) in [5, 5.41) is 3.31. The largest absolute Gasteiger partial charge is 0.490 e. The molecule has 2 rings (SSSR count). The smallest absolute Gasteiger partial charge is 0.253 e. The number of amides is 1. The van der Waals surface area contributed by atoms with E-state index >= 15 is 0 Å². The van der Waals surface area contributed by atoms with Crippen molar-refractivity contribution in [2.75, 3.05) is 26.7 Å². The predicted octanol–water partition coefficient (Wildman–Crippen LogP) is 2.08. The van der Waals surface area contributed by atoms with Crippen LogP contribution in [0.1, 0.15) is 23.2 Å². The summed E-state index contributed by atoms with van der Waals surface area (Å²) in [6.07, 6.45) is 3.73. The first kappa shape index (κ1) is 14.6. The summed E-state index contributed by atoms with van der Waals surface area (Å²) in [5.74, 6) is 0.832. The Morgan fingerprint density at radius 2 is 2.05 bits per heavy atom. The van der Waals surface area contributed by atoms with Crippen molar-refractivity contribution in [3.63, 3.8) is 0 Å². The van der Waals surface area contributed by atoms with E-state index in [1.807, 2.05) is 36.2 Å². The van der Waals surface area contributed by atoms with E-state index in [1.54, 1.807) is 6.08 Å². The Hall–Kier alpha value is -1.81. The molecule has 1 N–H and O–H groups in total. The van der Waals surface area contributed by atoms with Crippen LogP contribution < -0.4 is 10.1 Å². The van der Waals surface area contributed by atoms with Gasteiger partial charge >= 0.3 is 0 Å². The molecule has 0 aromatic heterocycles. The van der Waals surface area contributed by atoms with Crippen LogP contribution in [0.25, 0.3) is 0 Å². The molecule has 20 heavy (non-hydrogen) atoms. The highest BCUT2D eigenvalue weighted by Gasteiger charge is 2.22. The maximum Gasteiger partial charge on any atom is 0.253 e. The summed E-state index contributed by atoms with van der Waals surface area (Å²) >= 11 is 0. The Labute approximate surface area is 120 Å². The number of benzene rings is 1. The fraction of sp³-hybridized carbons (Fsp3) is 0.438. The van der Waals surface area contributed by atoms with E-state index in [1.165, 1.54) is 0 Å². The summed E-state index contributed by atoms with van der Waals surface area (Å²) in [6, 6.07) is 7.62. The lowest BCUT2D eigenvalue weighted by Gasteiger charge is -2.31. The van der Waals surface area contributed by atoms with Crippen molar-refractivity contribution in [3.05, 3.63) is 42.5 Å². The molecule has 1 aromatic carbocycles. The number of nitrogens with zero attached hydrogens (tertiary/aromatic N) is 1. The van der Waals surface area contributed by atoms with Gasteiger partial charge in [0.25, 0.3) is 5.91 Å². The van der Waals surface area contributed by atoms with Gasteiger partial charge in [-0.05, 0) is 50.2 Å². The van der Waals surface area contributed by atoms with Gasteiger partial charge in [-0.15, -0.1) is 0 Å². The third-order valence-corrected chi connectivity index (χ3v) is 3.65. The third kappa shape index (κ3) is 3.61. The fourth-order valence-electron chi connectivity index (χ4n) is 2.41. The molecule has 1 heterocycles. The Balaban J connectivity index is 1.98. The van der Waals surface area contributed by atoms with Crippen molar-refractivity contribution in [1.29, 1.82) is 0 Å². The molecule has 1 saturated heterocycles. The van der Waals surface area contributed by atoms with E-state index in [-0.39, 0.29) is 5.91 Å². The molecule has 0 unspecified atom stereocenters. The third-order valence-electron chi connectivity index (χ3n) is 3.65. The molecule has 1 aliphatic rings. The van der Waals surface area contributed by atoms with Crippen molar-refractivity contribution < 1.29 is 9.53 Å².